The highest BCUT2D eigenvalue weighted by Crippen LogP contribution is 2.57. The molecule has 2 unspecified atom stereocenters. The number of carbonyl (C=O) groups excluding carboxylic acids is 1. The number of aliphatic hydroxyl groups excluding tert-OH is 1. The van der Waals surface area contributed by atoms with Crippen LogP contribution in [0.5, 0.6) is 40.2 Å². The monoisotopic (exact) mass is 440 g/mol. The predicted octanol–water partition coefficient (Wildman–Crippen LogP) is 0.900. The van der Waals surface area contributed by atoms with Gasteiger partial charge in [0, 0.05) is 0 Å². The molecule has 0 spiro atoms. The van der Waals surface area contributed by atoms with Crippen molar-refractivity contribution in [2.75, 3.05) is 6.61 Å². The fourth-order valence-corrected chi connectivity index (χ4v) is 2.99. The minimum absolute atomic E-state index is 0.00691. The van der Waals surface area contributed by atoms with Crippen LogP contribution in [0.4, 0.5) is 0 Å². The van der Waals surface area contributed by atoms with E-state index >= 15 is 0 Å². The van der Waals surface area contributed by atoms with Gasteiger partial charge in [-0.25, -0.2) is 4.79 Å². The summed E-state index contributed by atoms with van der Waals surface area (Å²) < 4.78 is 4.70. The van der Waals surface area contributed by atoms with E-state index in [1.54, 1.807) is 0 Å². The highest BCUT2D eigenvalue weighted by Gasteiger charge is 2.39. The van der Waals surface area contributed by atoms with Crippen molar-refractivity contribution in [1.29, 1.82) is 0 Å². The lowest BCUT2D eigenvalue weighted by Gasteiger charge is -2.26. The molecular formula is C20H24O11. The van der Waals surface area contributed by atoms with E-state index in [0.717, 1.165) is 19.1 Å². The second-order valence-electron chi connectivity index (χ2n) is 7.05. The van der Waals surface area contributed by atoms with Gasteiger partial charge < -0.3 is 50.7 Å². The summed E-state index contributed by atoms with van der Waals surface area (Å²) in [6, 6.07) is 2.20. The van der Waals surface area contributed by atoms with Crippen molar-refractivity contribution in [2.24, 2.45) is 0 Å². The summed E-state index contributed by atoms with van der Waals surface area (Å²) in [5, 5.41) is 89.7. The molecule has 2 rings (SSSR count). The molecule has 0 aliphatic heterocycles. The van der Waals surface area contributed by atoms with Gasteiger partial charge in [0.2, 0.25) is 17.2 Å². The topological polar surface area (TPSA) is 208 Å². The minimum Gasteiger partial charge on any atom is -0.507 e. The smallest absolute Gasteiger partial charge is 0.340 e. The molecule has 11 heteroatoms. The highest BCUT2D eigenvalue weighted by atomic mass is 16.6. The predicted molar refractivity (Wildman–Crippen MR) is 105 cm³/mol. The molecule has 0 radical (unpaired) electrons. The Kier molecular flexibility index (Phi) is 6.62. The molecule has 0 aliphatic carbocycles. The fourth-order valence-electron chi connectivity index (χ4n) is 2.99. The molecule has 0 amide bonds. The molecule has 2 aromatic rings. The molecule has 2 atom stereocenters. The summed E-state index contributed by atoms with van der Waals surface area (Å²) in [7, 11) is 0. The Balaban J connectivity index is 2.36. The van der Waals surface area contributed by atoms with Crippen LogP contribution in [0.25, 0.3) is 11.1 Å². The van der Waals surface area contributed by atoms with Gasteiger partial charge in [0.1, 0.15) is 11.5 Å². The molecular weight excluding hydrogens is 416 g/mol. The second-order valence-corrected chi connectivity index (χ2v) is 7.05. The van der Waals surface area contributed by atoms with Crippen molar-refractivity contribution >= 4 is 5.97 Å². The number of hydrogen-bond donors (Lipinski definition) is 9. The van der Waals surface area contributed by atoms with Gasteiger partial charge in [0.25, 0.3) is 0 Å². The Morgan fingerprint density at radius 3 is 1.81 bits per heavy atom. The van der Waals surface area contributed by atoms with Crippen LogP contribution in [0, 0.1) is 0 Å². The van der Waals surface area contributed by atoms with Crippen LogP contribution < -0.4 is 0 Å². The number of phenols is 7. The Hall–Kier alpha value is -3.57. The summed E-state index contributed by atoms with van der Waals surface area (Å²) >= 11 is 0. The summed E-state index contributed by atoms with van der Waals surface area (Å²) in [4.78, 5) is 11.8. The summed E-state index contributed by atoms with van der Waals surface area (Å²) in [5.41, 5.74) is -3.23. The zero-order chi connectivity index (χ0) is 23.7. The maximum absolute atomic E-state index is 11.8. The van der Waals surface area contributed by atoms with E-state index in [4.69, 9.17) is 4.74 Å². The van der Waals surface area contributed by atoms with Crippen molar-refractivity contribution in [3.05, 3.63) is 17.7 Å². The van der Waals surface area contributed by atoms with E-state index < -0.39 is 69.0 Å². The maximum Gasteiger partial charge on any atom is 0.340 e. The zero-order valence-electron chi connectivity index (χ0n) is 16.7. The summed E-state index contributed by atoms with van der Waals surface area (Å²) in [5.74, 6) is -8.15. The van der Waals surface area contributed by atoms with Gasteiger partial charge in [-0.1, -0.05) is 0 Å². The number of aryl methyl sites for hydroxylation is 1. The first kappa shape index (κ1) is 23.7. The lowest BCUT2D eigenvalue weighted by atomic mass is 9.92. The van der Waals surface area contributed by atoms with Crippen LogP contribution in [-0.2, 0) is 16.0 Å². The van der Waals surface area contributed by atoms with Crippen molar-refractivity contribution in [1.82, 2.24) is 0 Å². The number of carbonyl (C=O) groups is 1. The maximum atomic E-state index is 11.8. The van der Waals surface area contributed by atoms with Crippen molar-refractivity contribution in [2.45, 2.75) is 38.4 Å². The van der Waals surface area contributed by atoms with Crippen molar-refractivity contribution < 1.29 is 55.5 Å². The average Bonchev–Trinajstić information content (AvgIpc) is 2.71. The third-order valence-corrected chi connectivity index (χ3v) is 4.82. The van der Waals surface area contributed by atoms with Gasteiger partial charge >= 0.3 is 5.97 Å². The number of phenolic OH excluding ortho intramolecular Hbond substituents is 7. The molecule has 0 aliphatic rings. The van der Waals surface area contributed by atoms with Crippen molar-refractivity contribution in [3.63, 3.8) is 0 Å². The van der Waals surface area contributed by atoms with Crippen molar-refractivity contribution in [3.8, 4) is 51.4 Å². The van der Waals surface area contributed by atoms with Crippen LogP contribution in [0.2, 0.25) is 0 Å². The first-order valence-corrected chi connectivity index (χ1v) is 9.16. The lowest BCUT2D eigenvalue weighted by Crippen LogP contribution is -2.48. The van der Waals surface area contributed by atoms with E-state index in [0.29, 0.717) is 0 Å². The molecule has 0 saturated carbocycles. The lowest BCUT2D eigenvalue weighted by molar-refractivity contribution is -0.175. The molecule has 0 fully saturated rings. The van der Waals surface area contributed by atoms with Crippen LogP contribution in [-0.4, -0.2) is 70.2 Å². The van der Waals surface area contributed by atoms with Gasteiger partial charge in [-0.15, -0.1) is 0 Å². The standard InChI is InChI=1S/C20H24O11/c1-3-31-19(29)20(2,30)11(23)5-4-8-6-9(21)12(10(22)7-8)13-14(24)16(26)18(28)17(27)15(13)25/h6-7,11,21-28,30H,3-5H2,1-2H3. The average molecular weight is 440 g/mol. The Morgan fingerprint density at radius 1 is 0.903 bits per heavy atom. The Morgan fingerprint density at radius 2 is 1.35 bits per heavy atom. The molecule has 0 bridgehead atoms. The van der Waals surface area contributed by atoms with Crippen LogP contribution in [0.1, 0.15) is 25.8 Å². The van der Waals surface area contributed by atoms with Gasteiger partial charge in [0.15, 0.2) is 17.1 Å². The molecule has 31 heavy (non-hydrogen) atoms. The van der Waals surface area contributed by atoms with E-state index in [1.165, 1.54) is 6.92 Å². The molecule has 170 valence electrons. The number of aromatic hydroxyl groups is 7. The van der Waals surface area contributed by atoms with Crippen LogP contribution in [0.3, 0.4) is 0 Å². The SMILES string of the molecule is CCOC(=O)C(C)(O)C(O)CCc1cc(O)c(-c2c(O)c(O)c(O)c(O)c2O)c(O)c1. The van der Waals surface area contributed by atoms with Crippen LogP contribution in [0.15, 0.2) is 12.1 Å². The number of rotatable bonds is 7. The molecule has 2 aromatic carbocycles. The van der Waals surface area contributed by atoms with Gasteiger partial charge in [-0.3, -0.25) is 0 Å². The number of benzene rings is 2. The third-order valence-electron chi connectivity index (χ3n) is 4.82. The van der Waals surface area contributed by atoms with E-state index in [1.807, 2.05) is 0 Å². The Labute approximate surface area is 176 Å². The minimum atomic E-state index is -2.18. The van der Waals surface area contributed by atoms with E-state index in [9.17, 15) is 50.8 Å². The fraction of sp³-hybridized carbons (Fsp3) is 0.350. The molecule has 0 heterocycles. The molecule has 0 saturated heterocycles. The number of esters is 1. The zero-order valence-corrected chi connectivity index (χ0v) is 16.7. The summed E-state index contributed by atoms with van der Waals surface area (Å²) in [6.07, 6.45) is -1.72. The van der Waals surface area contributed by atoms with Gasteiger partial charge in [-0.2, -0.15) is 0 Å². The van der Waals surface area contributed by atoms with Gasteiger partial charge in [0.05, 0.1) is 23.8 Å². The number of ether oxygens (including phenoxy) is 1. The highest BCUT2D eigenvalue weighted by molar-refractivity contribution is 5.90. The summed E-state index contributed by atoms with van der Waals surface area (Å²) in [6.45, 7) is 2.63. The van der Waals surface area contributed by atoms with E-state index in [2.05, 4.69) is 0 Å². The first-order chi connectivity index (χ1) is 14.3. The Bertz CT molecular complexity index is 945. The largest absolute Gasteiger partial charge is 0.507 e. The first-order valence-electron chi connectivity index (χ1n) is 9.16. The van der Waals surface area contributed by atoms with Crippen LogP contribution >= 0.6 is 0 Å². The van der Waals surface area contributed by atoms with E-state index in [-0.39, 0.29) is 25.0 Å². The molecule has 11 nitrogen and oxygen atoms in total. The van der Waals surface area contributed by atoms with Gasteiger partial charge in [-0.05, 0) is 44.4 Å². The third kappa shape index (κ3) is 4.32. The normalized spacial score (nSPS) is 14.1. The quantitative estimate of drug-likeness (QED) is 0.168. The number of hydrogen-bond acceptors (Lipinski definition) is 11. The molecule has 0 aromatic heterocycles. The molecule has 9 N–H and O–H groups in total. The second kappa shape index (κ2) is 8.66. The number of aliphatic hydroxyl groups is 2.